The maximum atomic E-state index is 14.1. The minimum Gasteiger partial charge on any atom is -0.491 e. The van der Waals surface area contributed by atoms with Crippen molar-refractivity contribution in [2.75, 3.05) is 20.3 Å². The monoisotopic (exact) mass is 361 g/mol. The number of benzene rings is 1. The van der Waals surface area contributed by atoms with Gasteiger partial charge in [-0.3, -0.25) is 4.79 Å². The summed E-state index contributed by atoms with van der Waals surface area (Å²) in [7, 11) is 0.916. The van der Waals surface area contributed by atoms with Gasteiger partial charge in [-0.05, 0) is 25.7 Å². The lowest BCUT2D eigenvalue weighted by Crippen LogP contribution is -2.32. The average molecular weight is 361 g/mol. The second-order valence-electron chi connectivity index (χ2n) is 6.47. The fourth-order valence-electron chi connectivity index (χ4n) is 3.56. The Balaban J connectivity index is 1.85. The summed E-state index contributed by atoms with van der Waals surface area (Å²) in [4.78, 5) is 13.5. The molecule has 8 heteroatoms. The third-order valence-electron chi connectivity index (χ3n) is 5.04. The lowest BCUT2D eigenvalue weighted by molar-refractivity contribution is -0.131. The van der Waals surface area contributed by atoms with E-state index in [0.29, 0.717) is 19.4 Å². The number of carbonyl (C=O) groups excluding carboxylic acids is 1. The number of amides is 1. The van der Waals surface area contributed by atoms with Crippen molar-refractivity contribution in [1.29, 1.82) is 0 Å². The van der Waals surface area contributed by atoms with Gasteiger partial charge in [-0.1, -0.05) is 0 Å². The van der Waals surface area contributed by atoms with Crippen LogP contribution in [-0.4, -0.2) is 36.7 Å². The number of nitrogens with zero attached hydrogens (tertiary/aromatic N) is 1. The zero-order valence-electron chi connectivity index (χ0n) is 13.8. The lowest BCUT2D eigenvalue weighted by Gasteiger charge is -2.27. The Morgan fingerprint density at radius 1 is 1.08 bits per heavy atom. The Morgan fingerprint density at radius 3 is 2.32 bits per heavy atom. The third kappa shape index (κ3) is 3.19. The maximum Gasteiger partial charge on any atom is 0.222 e. The van der Waals surface area contributed by atoms with Crippen LogP contribution in [0.1, 0.15) is 37.7 Å². The number of halogens is 4. The van der Waals surface area contributed by atoms with E-state index in [9.17, 15) is 22.4 Å². The molecular weight excluding hydrogens is 342 g/mol. The number of hydrogen-bond donors (Lipinski definition) is 0. The third-order valence-corrected chi connectivity index (χ3v) is 5.04. The van der Waals surface area contributed by atoms with Crippen LogP contribution in [0.3, 0.4) is 0 Å². The number of ether oxygens (including phenoxy) is 2. The van der Waals surface area contributed by atoms with Crippen LogP contribution < -0.4 is 4.74 Å². The molecule has 3 rings (SSSR count). The quantitative estimate of drug-likeness (QED) is 0.612. The molecular formula is C17H19F4NO3. The summed E-state index contributed by atoms with van der Waals surface area (Å²) in [5.74, 6) is -7.72. The van der Waals surface area contributed by atoms with Crippen molar-refractivity contribution in [3.8, 4) is 5.75 Å². The van der Waals surface area contributed by atoms with Crippen LogP contribution in [0, 0.1) is 23.3 Å². The fourth-order valence-corrected chi connectivity index (χ4v) is 3.56. The van der Waals surface area contributed by atoms with Crippen molar-refractivity contribution in [3.05, 3.63) is 28.8 Å². The molecule has 0 radical (unpaired) electrons. The minimum absolute atomic E-state index is 0.171. The van der Waals surface area contributed by atoms with Gasteiger partial charge in [-0.15, -0.1) is 0 Å². The van der Waals surface area contributed by atoms with Gasteiger partial charge in [0.1, 0.15) is 0 Å². The summed E-state index contributed by atoms with van der Waals surface area (Å²) in [6.45, 7) is 0.309. The molecule has 1 atom stereocenters. The van der Waals surface area contributed by atoms with Crippen molar-refractivity contribution >= 4 is 5.91 Å². The highest BCUT2D eigenvalue weighted by Crippen LogP contribution is 2.37. The van der Waals surface area contributed by atoms with Crippen LogP contribution in [0.15, 0.2) is 0 Å². The number of hydrogen-bond acceptors (Lipinski definition) is 3. The summed E-state index contributed by atoms with van der Waals surface area (Å²) in [6.07, 6.45) is 2.99. The van der Waals surface area contributed by atoms with Gasteiger partial charge in [-0.25, -0.2) is 8.78 Å². The van der Waals surface area contributed by atoms with Gasteiger partial charge in [0.15, 0.2) is 17.4 Å². The minimum atomic E-state index is -1.60. The molecule has 1 aromatic rings. The van der Waals surface area contributed by atoms with E-state index in [-0.39, 0.29) is 24.5 Å². The fraction of sp³-hybridized carbons (Fsp3) is 0.588. The Hall–Kier alpha value is -1.83. The van der Waals surface area contributed by atoms with Crippen LogP contribution in [0.5, 0.6) is 5.75 Å². The van der Waals surface area contributed by atoms with E-state index in [0.717, 1.165) is 20.0 Å². The molecule has 1 amide bonds. The van der Waals surface area contributed by atoms with E-state index in [4.69, 9.17) is 4.74 Å². The summed E-state index contributed by atoms with van der Waals surface area (Å²) in [5.41, 5.74) is -1.19. The van der Waals surface area contributed by atoms with E-state index >= 15 is 0 Å². The van der Waals surface area contributed by atoms with Gasteiger partial charge in [0, 0.05) is 25.1 Å². The van der Waals surface area contributed by atoms with Crippen LogP contribution >= 0.6 is 0 Å². The molecule has 2 aliphatic heterocycles. The van der Waals surface area contributed by atoms with Crippen molar-refractivity contribution < 1.29 is 31.8 Å². The molecule has 4 nitrogen and oxygen atoms in total. The molecule has 0 unspecified atom stereocenters. The largest absolute Gasteiger partial charge is 0.491 e. The van der Waals surface area contributed by atoms with Crippen LogP contribution in [0.25, 0.3) is 0 Å². The summed E-state index contributed by atoms with van der Waals surface area (Å²) in [6, 6.07) is 0. The highest BCUT2D eigenvalue weighted by molar-refractivity contribution is 5.76. The first-order valence-electron chi connectivity index (χ1n) is 8.19. The summed E-state index contributed by atoms with van der Waals surface area (Å²) >= 11 is 0. The highest BCUT2D eigenvalue weighted by Gasteiger charge is 2.39. The summed E-state index contributed by atoms with van der Waals surface area (Å²) < 4.78 is 66.1. The standard InChI is InChI=1S/C17H19F4NO3/c1-24-16-14(20)12(18)10(13(19)15(16)21)9-22-7-6-17(4-2-8-25-17)5-3-11(22)23/h2-9H2,1H3/t17-/m0/s1. The van der Waals surface area contributed by atoms with Crippen molar-refractivity contribution in [2.24, 2.45) is 0 Å². The number of rotatable bonds is 3. The molecule has 0 saturated carbocycles. The van der Waals surface area contributed by atoms with E-state index in [1.165, 1.54) is 4.90 Å². The van der Waals surface area contributed by atoms with Gasteiger partial charge in [-0.2, -0.15) is 8.78 Å². The van der Waals surface area contributed by atoms with Gasteiger partial charge in [0.05, 0.1) is 19.3 Å². The van der Waals surface area contributed by atoms with Gasteiger partial charge < -0.3 is 14.4 Å². The molecule has 0 bridgehead atoms. The molecule has 0 aliphatic carbocycles. The normalized spacial score (nSPS) is 24.0. The van der Waals surface area contributed by atoms with E-state index in [1.807, 2.05) is 0 Å². The molecule has 2 fully saturated rings. The predicted octanol–water partition coefficient (Wildman–Crippen LogP) is 3.31. The SMILES string of the molecule is COc1c(F)c(F)c(CN2CC[C@]3(CCCO3)CCC2=O)c(F)c1F. The molecule has 25 heavy (non-hydrogen) atoms. The Labute approximate surface area is 142 Å². The Bertz CT molecular complexity index is 660. The zero-order valence-corrected chi connectivity index (χ0v) is 13.8. The van der Waals surface area contributed by atoms with Crippen molar-refractivity contribution in [3.63, 3.8) is 0 Å². The average Bonchev–Trinajstić information content (AvgIpc) is 3.01. The molecule has 138 valence electrons. The molecule has 1 aromatic carbocycles. The first kappa shape index (κ1) is 18.0. The second-order valence-corrected chi connectivity index (χ2v) is 6.47. The topological polar surface area (TPSA) is 38.8 Å². The van der Waals surface area contributed by atoms with Crippen molar-refractivity contribution in [1.82, 2.24) is 4.90 Å². The lowest BCUT2D eigenvalue weighted by atomic mass is 9.92. The molecule has 0 N–H and O–H groups in total. The number of carbonyl (C=O) groups is 1. The predicted molar refractivity (Wildman–Crippen MR) is 80.0 cm³/mol. The highest BCUT2D eigenvalue weighted by atomic mass is 19.2. The van der Waals surface area contributed by atoms with Crippen LogP contribution in [0.4, 0.5) is 17.6 Å². The van der Waals surface area contributed by atoms with Crippen molar-refractivity contribution in [2.45, 2.75) is 44.2 Å². The van der Waals surface area contributed by atoms with Gasteiger partial charge in [0.25, 0.3) is 0 Å². The Kier molecular flexibility index (Phi) is 4.90. The molecule has 1 spiro atoms. The van der Waals surface area contributed by atoms with Gasteiger partial charge in [0.2, 0.25) is 17.5 Å². The first-order chi connectivity index (χ1) is 11.9. The molecule has 2 saturated heterocycles. The van der Waals surface area contributed by atoms with Gasteiger partial charge >= 0.3 is 0 Å². The second kappa shape index (κ2) is 6.82. The van der Waals surface area contributed by atoms with Crippen LogP contribution in [0.2, 0.25) is 0 Å². The Morgan fingerprint density at radius 2 is 1.76 bits per heavy atom. The smallest absolute Gasteiger partial charge is 0.222 e. The van der Waals surface area contributed by atoms with Crippen LogP contribution in [-0.2, 0) is 16.1 Å². The molecule has 2 aliphatic rings. The van der Waals surface area contributed by atoms with E-state index in [2.05, 4.69) is 4.74 Å². The first-order valence-corrected chi connectivity index (χ1v) is 8.19. The van der Waals surface area contributed by atoms with E-state index in [1.54, 1.807) is 0 Å². The summed E-state index contributed by atoms with van der Waals surface area (Å²) in [5, 5.41) is 0. The maximum absolute atomic E-state index is 14.1. The zero-order chi connectivity index (χ0) is 18.2. The number of methoxy groups -OCH3 is 1. The molecule has 2 heterocycles. The number of likely N-dealkylation sites (tertiary alicyclic amines) is 1. The van der Waals surface area contributed by atoms with E-state index < -0.39 is 41.1 Å². The molecule has 0 aromatic heterocycles.